The zero-order valence-corrected chi connectivity index (χ0v) is 12.6. The number of benzene rings is 1. The molecule has 110 valence electrons. The number of hydrogen-bond acceptors (Lipinski definition) is 3. The number of piperazine rings is 1. The molecule has 2 aliphatic rings. The molecule has 0 spiro atoms. The smallest absolute Gasteiger partial charge is 0.0716 e. The van der Waals surface area contributed by atoms with Gasteiger partial charge in [0.15, 0.2) is 0 Å². The van der Waals surface area contributed by atoms with Gasteiger partial charge in [-0.25, -0.2) is 0 Å². The van der Waals surface area contributed by atoms with E-state index in [1.54, 1.807) is 0 Å². The highest BCUT2D eigenvalue weighted by atomic mass is 35.5. The van der Waals surface area contributed by atoms with E-state index in [0.717, 1.165) is 43.5 Å². The molecule has 0 amide bonds. The quantitative estimate of drug-likeness (QED) is 0.928. The normalized spacial score (nSPS) is 21.6. The van der Waals surface area contributed by atoms with Crippen molar-refractivity contribution >= 4 is 17.3 Å². The Balaban J connectivity index is 1.67. The first-order chi connectivity index (χ1) is 9.79. The molecule has 1 aromatic rings. The third-order valence-electron chi connectivity index (χ3n) is 4.75. The van der Waals surface area contributed by atoms with Crippen LogP contribution in [-0.2, 0) is 6.61 Å². The zero-order chi connectivity index (χ0) is 13.9. The summed E-state index contributed by atoms with van der Waals surface area (Å²) in [6.45, 7) is 4.33. The Hall–Kier alpha value is -0.770. The first-order valence-corrected chi connectivity index (χ1v) is 8.04. The van der Waals surface area contributed by atoms with Crippen molar-refractivity contribution < 1.29 is 5.11 Å². The van der Waals surface area contributed by atoms with E-state index in [1.807, 2.05) is 12.1 Å². The molecule has 1 N–H and O–H groups in total. The Morgan fingerprint density at radius 3 is 2.45 bits per heavy atom. The molecule has 3 nitrogen and oxygen atoms in total. The van der Waals surface area contributed by atoms with E-state index in [4.69, 9.17) is 11.6 Å². The van der Waals surface area contributed by atoms with Gasteiger partial charge in [0.2, 0.25) is 0 Å². The van der Waals surface area contributed by atoms with Crippen molar-refractivity contribution in [2.45, 2.75) is 38.3 Å². The average Bonchev–Trinajstić information content (AvgIpc) is 3.01. The van der Waals surface area contributed by atoms with Crippen LogP contribution in [0.25, 0.3) is 0 Å². The molecule has 1 saturated carbocycles. The SMILES string of the molecule is OCc1c(Cl)cccc1N1CCN(C2CCCC2)CC1. The highest BCUT2D eigenvalue weighted by Crippen LogP contribution is 2.30. The molecule has 0 unspecified atom stereocenters. The van der Waals surface area contributed by atoms with E-state index in [2.05, 4.69) is 15.9 Å². The maximum absolute atomic E-state index is 9.53. The molecule has 1 saturated heterocycles. The van der Waals surface area contributed by atoms with Crippen molar-refractivity contribution in [3.63, 3.8) is 0 Å². The van der Waals surface area contributed by atoms with Crippen LogP contribution in [0.15, 0.2) is 18.2 Å². The molecule has 1 aromatic carbocycles. The number of aliphatic hydroxyl groups is 1. The summed E-state index contributed by atoms with van der Waals surface area (Å²) in [5, 5.41) is 10.2. The summed E-state index contributed by atoms with van der Waals surface area (Å²) in [6, 6.07) is 6.71. The molecule has 0 bridgehead atoms. The number of rotatable bonds is 3. The van der Waals surface area contributed by atoms with Gasteiger partial charge in [0.1, 0.15) is 0 Å². The summed E-state index contributed by atoms with van der Waals surface area (Å²) in [5.74, 6) is 0. The van der Waals surface area contributed by atoms with Crippen LogP contribution >= 0.6 is 11.6 Å². The summed E-state index contributed by atoms with van der Waals surface area (Å²) < 4.78 is 0. The van der Waals surface area contributed by atoms with Crippen LogP contribution < -0.4 is 4.90 Å². The fourth-order valence-electron chi connectivity index (χ4n) is 3.60. The number of hydrogen-bond donors (Lipinski definition) is 1. The number of anilines is 1. The van der Waals surface area contributed by atoms with Gasteiger partial charge in [-0.15, -0.1) is 0 Å². The molecule has 4 heteroatoms. The van der Waals surface area contributed by atoms with Crippen molar-refractivity contribution in [2.24, 2.45) is 0 Å². The topological polar surface area (TPSA) is 26.7 Å². The second-order valence-corrected chi connectivity index (χ2v) is 6.26. The predicted octanol–water partition coefficient (Wildman–Crippen LogP) is 2.90. The minimum absolute atomic E-state index is 0.0118. The lowest BCUT2D eigenvalue weighted by atomic mass is 10.1. The molecule has 3 rings (SSSR count). The predicted molar refractivity (Wildman–Crippen MR) is 83.4 cm³/mol. The standard InChI is InChI=1S/C16H23ClN2O/c17-15-6-3-7-16(14(15)12-20)19-10-8-18(9-11-19)13-4-1-2-5-13/h3,6-7,13,20H,1-2,4-5,8-12H2. The van der Waals surface area contributed by atoms with Gasteiger partial charge in [-0.1, -0.05) is 30.5 Å². The molecule has 1 heterocycles. The highest BCUT2D eigenvalue weighted by molar-refractivity contribution is 6.31. The Labute approximate surface area is 126 Å². The van der Waals surface area contributed by atoms with Gasteiger partial charge in [0.05, 0.1) is 6.61 Å². The molecule has 0 aromatic heterocycles. The highest BCUT2D eigenvalue weighted by Gasteiger charge is 2.26. The van der Waals surface area contributed by atoms with Crippen LogP contribution in [-0.4, -0.2) is 42.2 Å². The maximum Gasteiger partial charge on any atom is 0.0716 e. The van der Waals surface area contributed by atoms with E-state index in [0.29, 0.717) is 5.02 Å². The number of nitrogens with zero attached hydrogens (tertiary/aromatic N) is 2. The van der Waals surface area contributed by atoms with E-state index in [9.17, 15) is 5.11 Å². The van der Waals surface area contributed by atoms with Crippen LogP contribution in [0.2, 0.25) is 5.02 Å². The molecule has 1 aliphatic heterocycles. The van der Waals surface area contributed by atoms with Crippen LogP contribution in [0.1, 0.15) is 31.2 Å². The lowest BCUT2D eigenvalue weighted by molar-refractivity contribution is 0.187. The Morgan fingerprint density at radius 1 is 1.10 bits per heavy atom. The first kappa shape index (κ1) is 14.2. The second kappa shape index (κ2) is 6.33. The Morgan fingerprint density at radius 2 is 1.80 bits per heavy atom. The summed E-state index contributed by atoms with van der Waals surface area (Å²) in [5.41, 5.74) is 1.97. The van der Waals surface area contributed by atoms with Crippen LogP contribution in [0.5, 0.6) is 0 Å². The van der Waals surface area contributed by atoms with E-state index in [1.165, 1.54) is 25.7 Å². The van der Waals surface area contributed by atoms with Gasteiger partial charge >= 0.3 is 0 Å². The fraction of sp³-hybridized carbons (Fsp3) is 0.625. The van der Waals surface area contributed by atoms with E-state index < -0.39 is 0 Å². The van der Waals surface area contributed by atoms with Crippen molar-refractivity contribution in [3.8, 4) is 0 Å². The second-order valence-electron chi connectivity index (χ2n) is 5.86. The Bertz CT molecular complexity index is 452. The summed E-state index contributed by atoms with van der Waals surface area (Å²) in [4.78, 5) is 5.01. The molecule has 20 heavy (non-hydrogen) atoms. The van der Waals surface area contributed by atoms with Crippen molar-refractivity contribution in [1.82, 2.24) is 4.90 Å². The molecular weight excluding hydrogens is 272 g/mol. The maximum atomic E-state index is 9.53. The van der Waals surface area contributed by atoms with Crippen LogP contribution in [0.3, 0.4) is 0 Å². The van der Waals surface area contributed by atoms with Gasteiger partial charge in [0, 0.05) is 48.5 Å². The lowest BCUT2D eigenvalue weighted by Gasteiger charge is -2.39. The van der Waals surface area contributed by atoms with E-state index >= 15 is 0 Å². The average molecular weight is 295 g/mol. The largest absolute Gasteiger partial charge is 0.392 e. The molecule has 0 radical (unpaired) electrons. The zero-order valence-electron chi connectivity index (χ0n) is 11.9. The first-order valence-electron chi connectivity index (χ1n) is 7.67. The van der Waals surface area contributed by atoms with Crippen molar-refractivity contribution in [1.29, 1.82) is 0 Å². The van der Waals surface area contributed by atoms with Crippen LogP contribution in [0, 0.1) is 0 Å². The van der Waals surface area contributed by atoms with Gasteiger partial charge in [-0.05, 0) is 25.0 Å². The van der Waals surface area contributed by atoms with Gasteiger partial charge < -0.3 is 10.0 Å². The molecule has 2 fully saturated rings. The fourth-order valence-corrected chi connectivity index (χ4v) is 3.83. The molecular formula is C16H23ClN2O. The van der Waals surface area contributed by atoms with Crippen molar-refractivity contribution in [2.75, 3.05) is 31.1 Å². The van der Waals surface area contributed by atoms with Gasteiger partial charge in [0.25, 0.3) is 0 Å². The third-order valence-corrected chi connectivity index (χ3v) is 5.10. The van der Waals surface area contributed by atoms with Crippen molar-refractivity contribution in [3.05, 3.63) is 28.8 Å². The minimum atomic E-state index is 0.0118. The number of aliphatic hydroxyl groups excluding tert-OH is 1. The molecule has 0 atom stereocenters. The number of halogens is 1. The summed E-state index contributed by atoms with van der Waals surface area (Å²) in [7, 11) is 0. The Kier molecular flexibility index (Phi) is 4.49. The van der Waals surface area contributed by atoms with Gasteiger partial charge in [-0.2, -0.15) is 0 Å². The minimum Gasteiger partial charge on any atom is -0.392 e. The summed E-state index contributed by atoms with van der Waals surface area (Å²) >= 11 is 6.18. The molecule has 1 aliphatic carbocycles. The van der Waals surface area contributed by atoms with Gasteiger partial charge in [-0.3, -0.25) is 4.90 Å². The monoisotopic (exact) mass is 294 g/mol. The lowest BCUT2D eigenvalue weighted by Crippen LogP contribution is -2.50. The third kappa shape index (κ3) is 2.80. The van der Waals surface area contributed by atoms with Crippen LogP contribution in [0.4, 0.5) is 5.69 Å². The van der Waals surface area contributed by atoms with E-state index in [-0.39, 0.29) is 6.61 Å². The summed E-state index contributed by atoms with van der Waals surface area (Å²) in [6.07, 6.45) is 5.54.